The van der Waals surface area contributed by atoms with Gasteiger partial charge in [-0.2, -0.15) is 8.42 Å². The lowest BCUT2D eigenvalue weighted by molar-refractivity contribution is 0.0211. The van der Waals surface area contributed by atoms with Crippen molar-refractivity contribution in [3.8, 4) is 22.6 Å². The SMILES string of the molecule is COc1cc(OC)cc(-c2cc3cnc(SC)nc3n(CCCN3CCN(C(=O)O)C(C(C)(C)C)C3)c2=O)c1.Cc1ccc(S(=O)(=O)O)cc1. The van der Waals surface area contributed by atoms with E-state index in [0.717, 1.165) is 17.5 Å². The van der Waals surface area contributed by atoms with Crippen LogP contribution in [0.3, 0.4) is 0 Å². The van der Waals surface area contributed by atoms with E-state index in [-0.39, 0.29) is 21.9 Å². The highest BCUT2D eigenvalue weighted by molar-refractivity contribution is 7.98. The molecule has 0 aliphatic carbocycles. The maximum Gasteiger partial charge on any atom is 0.407 e. The highest BCUT2D eigenvalue weighted by atomic mass is 32.2. The van der Waals surface area contributed by atoms with Gasteiger partial charge in [-0.15, -0.1) is 0 Å². The van der Waals surface area contributed by atoms with Crippen molar-refractivity contribution in [3.63, 3.8) is 0 Å². The molecule has 0 spiro atoms. The predicted molar refractivity (Wildman–Crippen MR) is 194 cm³/mol. The van der Waals surface area contributed by atoms with E-state index in [1.807, 2.05) is 31.4 Å². The van der Waals surface area contributed by atoms with Gasteiger partial charge in [0.25, 0.3) is 15.7 Å². The molecule has 1 aliphatic heterocycles. The summed E-state index contributed by atoms with van der Waals surface area (Å²) >= 11 is 1.43. The van der Waals surface area contributed by atoms with Crippen LogP contribution in [0.1, 0.15) is 32.8 Å². The molecule has 50 heavy (non-hydrogen) atoms. The van der Waals surface area contributed by atoms with E-state index in [1.165, 1.54) is 23.9 Å². The number of carbonyl (C=O) groups is 1. The number of nitrogens with zero attached hydrogens (tertiary/aromatic N) is 5. The predicted octanol–water partition coefficient (Wildman–Crippen LogP) is 5.54. The third-order valence-corrected chi connectivity index (χ3v) is 9.96. The number of hydrogen-bond donors (Lipinski definition) is 2. The average molecular weight is 728 g/mol. The van der Waals surface area contributed by atoms with Gasteiger partial charge in [0, 0.05) is 49.4 Å². The summed E-state index contributed by atoms with van der Waals surface area (Å²) in [7, 11) is -0.862. The summed E-state index contributed by atoms with van der Waals surface area (Å²) in [6, 6.07) is 13.1. The molecule has 15 heteroatoms. The molecule has 2 N–H and O–H groups in total. The Balaban J connectivity index is 0.000000435. The molecule has 5 rings (SSSR count). The summed E-state index contributed by atoms with van der Waals surface area (Å²) in [5, 5.41) is 11.1. The number of ether oxygens (including phenoxy) is 2. The molecule has 1 aliphatic rings. The molecule has 13 nitrogen and oxygen atoms in total. The molecule has 2 aromatic carbocycles. The van der Waals surface area contributed by atoms with E-state index in [1.54, 1.807) is 48.1 Å². The van der Waals surface area contributed by atoms with Crippen molar-refractivity contribution in [2.75, 3.05) is 46.7 Å². The van der Waals surface area contributed by atoms with Gasteiger partial charge in [-0.3, -0.25) is 18.8 Å². The zero-order chi connectivity index (χ0) is 36.8. The van der Waals surface area contributed by atoms with Crippen LogP contribution >= 0.6 is 11.8 Å². The lowest BCUT2D eigenvalue weighted by Crippen LogP contribution is -2.59. The van der Waals surface area contributed by atoms with Crippen molar-refractivity contribution in [1.29, 1.82) is 0 Å². The van der Waals surface area contributed by atoms with Gasteiger partial charge in [-0.25, -0.2) is 14.8 Å². The summed E-state index contributed by atoms with van der Waals surface area (Å²) in [5.74, 6) is 1.19. The summed E-state index contributed by atoms with van der Waals surface area (Å²) in [4.78, 5) is 38.6. The molecule has 1 saturated heterocycles. The van der Waals surface area contributed by atoms with Gasteiger partial charge in [-0.1, -0.05) is 50.2 Å². The van der Waals surface area contributed by atoms with E-state index in [4.69, 9.17) is 14.0 Å². The Morgan fingerprint density at radius 1 is 1.02 bits per heavy atom. The van der Waals surface area contributed by atoms with Gasteiger partial charge in [-0.05, 0) is 67.5 Å². The monoisotopic (exact) mass is 727 g/mol. The van der Waals surface area contributed by atoms with Gasteiger partial charge in [0.15, 0.2) is 5.16 Å². The number of carboxylic acid groups (broad SMARTS) is 1. The number of methoxy groups -OCH3 is 2. The largest absolute Gasteiger partial charge is 0.497 e. The quantitative estimate of drug-likeness (QED) is 0.126. The van der Waals surface area contributed by atoms with Gasteiger partial charge in [0.05, 0.1) is 25.2 Å². The zero-order valence-electron chi connectivity index (χ0n) is 29.4. The standard InChI is InChI=1S/C28H37N5O5S.C7H8O3S/c1-28(2,3)23-17-31(10-11-32(23)27(35)36)8-7-9-33-24-19(16-29-26(30-24)39-6)14-22(25(33)34)18-12-20(37-4)15-21(13-18)38-5;1-6-2-4-7(5-3-6)11(8,9)10/h12-16,23H,7-11,17H2,1-6H3,(H,35,36);2-5H,1H3,(H,8,9,10). The maximum absolute atomic E-state index is 13.9. The number of benzene rings is 2. The van der Waals surface area contributed by atoms with Gasteiger partial charge in [0.1, 0.15) is 17.1 Å². The summed E-state index contributed by atoms with van der Waals surface area (Å²) in [5.41, 5.74) is 2.44. The second kappa shape index (κ2) is 16.2. The number of fused-ring (bicyclic) bond motifs is 1. The first-order chi connectivity index (χ1) is 23.5. The van der Waals surface area contributed by atoms with Gasteiger partial charge >= 0.3 is 6.09 Å². The van der Waals surface area contributed by atoms with Gasteiger partial charge < -0.3 is 19.5 Å². The second-order valence-corrected chi connectivity index (χ2v) is 15.2. The van der Waals surface area contributed by atoms with E-state index in [2.05, 4.69) is 35.6 Å². The molecular weight excluding hydrogens is 683 g/mol. The molecule has 0 bridgehead atoms. The number of hydrogen-bond acceptors (Lipinski definition) is 10. The third-order valence-electron chi connectivity index (χ3n) is 8.53. The number of rotatable bonds is 9. The van der Waals surface area contributed by atoms with Crippen LogP contribution in [0.25, 0.3) is 22.2 Å². The smallest absolute Gasteiger partial charge is 0.407 e. The first-order valence-electron chi connectivity index (χ1n) is 16.0. The molecule has 1 fully saturated rings. The first kappa shape index (κ1) is 38.6. The minimum atomic E-state index is -4.02. The fraction of sp³-hybridized carbons (Fsp3) is 0.429. The lowest BCUT2D eigenvalue weighted by Gasteiger charge is -2.46. The van der Waals surface area contributed by atoms with Crippen LogP contribution in [0.2, 0.25) is 0 Å². The van der Waals surface area contributed by atoms with E-state index in [9.17, 15) is 23.1 Å². The molecule has 0 radical (unpaired) electrons. The topological polar surface area (TPSA) is 164 Å². The van der Waals surface area contributed by atoms with Crippen LogP contribution in [0.4, 0.5) is 4.79 Å². The Labute approximate surface area is 297 Å². The fourth-order valence-electron chi connectivity index (χ4n) is 5.79. The molecule has 270 valence electrons. The summed E-state index contributed by atoms with van der Waals surface area (Å²) in [6.07, 6.45) is 3.50. The average Bonchev–Trinajstić information content (AvgIpc) is 3.08. The van der Waals surface area contributed by atoms with E-state index in [0.29, 0.717) is 66.0 Å². The number of aromatic nitrogens is 3. The maximum atomic E-state index is 13.9. The Morgan fingerprint density at radius 3 is 2.20 bits per heavy atom. The highest BCUT2D eigenvalue weighted by Crippen LogP contribution is 2.30. The Bertz CT molecular complexity index is 1960. The molecule has 1 unspecified atom stereocenters. The lowest BCUT2D eigenvalue weighted by atomic mass is 9.84. The Kier molecular flexibility index (Phi) is 12.5. The Morgan fingerprint density at radius 2 is 1.66 bits per heavy atom. The van der Waals surface area contributed by atoms with Crippen molar-refractivity contribution < 1.29 is 32.3 Å². The van der Waals surface area contributed by atoms with Crippen LogP contribution in [0, 0.1) is 12.3 Å². The zero-order valence-corrected chi connectivity index (χ0v) is 31.0. The summed E-state index contributed by atoms with van der Waals surface area (Å²) in [6.45, 7) is 11.1. The van der Waals surface area contributed by atoms with Crippen molar-refractivity contribution in [1.82, 2.24) is 24.3 Å². The molecule has 0 saturated carbocycles. The molecular formula is C35H45N5O8S2. The van der Waals surface area contributed by atoms with Crippen LogP contribution in [0.5, 0.6) is 11.5 Å². The van der Waals surface area contributed by atoms with E-state index >= 15 is 0 Å². The van der Waals surface area contributed by atoms with Crippen molar-refractivity contribution in [2.24, 2.45) is 5.41 Å². The Hall–Kier alpha value is -4.18. The van der Waals surface area contributed by atoms with Crippen LogP contribution in [0.15, 0.2) is 69.6 Å². The third kappa shape index (κ3) is 9.53. The van der Waals surface area contributed by atoms with Crippen molar-refractivity contribution in [2.45, 2.75) is 56.8 Å². The van der Waals surface area contributed by atoms with E-state index < -0.39 is 16.2 Å². The molecule has 1 amide bonds. The van der Waals surface area contributed by atoms with Crippen molar-refractivity contribution >= 4 is 39.0 Å². The second-order valence-electron chi connectivity index (χ2n) is 13.1. The van der Waals surface area contributed by atoms with Gasteiger partial charge in [0.2, 0.25) is 0 Å². The molecule has 3 heterocycles. The van der Waals surface area contributed by atoms with Crippen molar-refractivity contribution in [3.05, 3.63) is 70.6 Å². The normalized spacial score (nSPS) is 15.4. The van der Waals surface area contributed by atoms with Crippen LogP contribution < -0.4 is 15.0 Å². The molecule has 1 atom stereocenters. The number of pyridine rings is 1. The molecule has 4 aromatic rings. The van der Waals surface area contributed by atoms with Crippen LogP contribution in [-0.2, 0) is 16.7 Å². The highest BCUT2D eigenvalue weighted by Gasteiger charge is 2.37. The number of thioether (sulfide) groups is 1. The number of aryl methyl sites for hydroxylation is 2. The number of amides is 1. The minimum absolute atomic E-state index is 0.0666. The fourth-order valence-corrected chi connectivity index (χ4v) is 6.61. The van der Waals surface area contributed by atoms with Crippen LogP contribution in [-0.4, -0.2) is 101 Å². The molecule has 2 aromatic heterocycles. The first-order valence-corrected chi connectivity index (χ1v) is 18.7. The number of piperazine rings is 1. The summed E-state index contributed by atoms with van der Waals surface area (Å²) < 4.78 is 42.1. The minimum Gasteiger partial charge on any atom is -0.497 e.